The van der Waals surface area contributed by atoms with E-state index in [9.17, 15) is 9.59 Å². The minimum atomic E-state index is -0.825. The van der Waals surface area contributed by atoms with Gasteiger partial charge in [0.2, 0.25) is 0 Å². The third kappa shape index (κ3) is 5.30. The van der Waals surface area contributed by atoms with E-state index in [-0.39, 0.29) is 18.4 Å². The Morgan fingerprint density at radius 3 is 2.59 bits per heavy atom. The van der Waals surface area contributed by atoms with Gasteiger partial charge in [-0.25, -0.2) is 4.79 Å². The van der Waals surface area contributed by atoms with Crippen molar-refractivity contribution in [1.82, 2.24) is 5.32 Å². The lowest BCUT2D eigenvalue weighted by Gasteiger charge is -2.23. The number of aliphatic carboxylic acids is 1. The lowest BCUT2D eigenvalue weighted by Crippen LogP contribution is -2.43. The normalized spacial score (nSPS) is 24.4. The van der Waals surface area contributed by atoms with Gasteiger partial charge in [0.05, 0.1) is 6.42 Å². The zero-order chi connectivity index (χ0) is 13.1. The smallest absolute Gasteiger partial charge is 0.407 e. The molecule has 1 fully saturated rings. The number of hydrogen-bond acceptors (Lipinski definition) is 4. The molecule has 5 nitrogen and oxygen atoms in total. The summed E-state index contributed by atoms with van der Waals surface area (Å²) in [6.07, 6.45) is -0.381. The number of rotatable bonds is 3. The summed E-state index contributed by atoms with van der Waals surface area (Å²) < 4.78 is 5.15. The highest BCUT2D eigenvalue weighted by molar-refractivity contribution is 7.99. The molecule has 0 radical (unpaired) electrons. The van der Waals surface area contributed by atoms with Crippen LogP contribution in [0.5, 0.6) is 0 Å². The number of amides is 1. The second-order valence-electron chi connectivity index (χ2n) is 5.15. The van der Waals surface area contributed by atoms with E-state index in [4.69, 9.17) is 9.84 Å². The van der Waals surface area contributed by atoms with Crippen molar-refractivity contribution in [3.63, 3.8) is 0 Å². The van der Waals surface area contributed by atoms with Crippen LogP contribution in [-0.2, 0) is 9.53 Å². The van der Waals surface area contributed by atoms with E-state index in [0.29, 0.717) is 0 Å². The van der Waals surface area contributed by atoms with Crippen LogP contribution < -0.4 is 5.32 Å². The Labute approximate surface area is 105 Å². The van der Waals surface area contributed by atoms with Crippen molar-refractivity contribution in [3.05, 3.63) is 0 Å². The highest BCUT2D eigenvalue weighted by atomic mass is 32.2. The standard InChI is InChI=1S/C11H19NO4S/c1-11(2,3)16-10(15)12-8-6-17-5-7(8)4-9(13)14/h7-8H,4-6H2,1-3H3,(H,12,15)(H,13,14)/t7-,8-/m1/s1. The van der Waals surface area contributed by atoms with E-state index in [2.05, 4.69) is 5.32 Å². The van der Waals surface area contributed by atoms with E-state index in [1.54, 1.807) is 32.5 Å². The summed E-state index contributed by atoms with van der Waals surface area (Å²) in [5.74, 6) is 0.683. The minimum absolute atomic E-state index is 0.00924. The van der Waals surface area contributed by atoms with Crippen molar-refractivity contribution in [2.45, 2.75) is 38.8 Å². The molecule has 17 heavy (non-hydrogen) atoms. The number of alkyl carbamates (subject to hydrolysis) is 1. The Morgan fingerprint density at radius 1 is 1.41 bits per heavy atom. The molecule has 0 saturated carbocycles. The molecular weight excluding hydrogens is 242 g/mol. The molecule has 1 amide bonds. The van der Waals surface area contributed by atoms with Crippen LogP contribution in [0.2, 0.25) is 0 Å². The topological polar surface area (TPSA) is 75.6 Å². The molecule has 2 N–H and O–H groups in total. The average molecular weight is 261 g/mol. The summed E-state index contributed by atoms with van der Waals surface area (Å²) in [7, 11) is 0. The quantitative estimate of drug-likeness (QED) is 0.809. The van der Waals surface area contributed by atoms with E-state index in [1.165, 1.54) is 0 Å². The largest absolute Gasteiger partial charge is 0.481 e. The number of ether oxygens (including phenoxy) is 1. The molecule has 0 unspecified atom stereocenters. The molecule has 0 aromatic rings. The summed E-state index contributed by atoms with van der Waals surface area (Å²) in [4.78, 5) is 22.2. The van der Waals surface area contributed by atoms with Crippen molar-refractivity contribution in [2.75, 3.05) is 11.5 Å². The maximum Gasteiger partial charge on any atom is 0.407 e. The molecule has 0 aromatic carbocycles. The van der Waals surface area contributed by atoms with E-state index >= 15 is 0 Å². The Balaban J connectivity index is 2.44. The highest BCUT2D eigenvalue weighted by Crippen LogP contribution is 2.27. The first kappa shape index (κ1) is 14.2. The van der Waals surface area contributed by atoms with Crippen molar-refractivity contribution < 1.29 is 19.4 Å². The Hall–Kier alpha value is -0.910. The maximum absolute atomic E-state index is 11.6. The van der Waals surface area contributed by atoms with Crippen molar-refractivity contribution in [1.29, 1.82) is 0 Å². The second-order valence-corrected chi connectivity index (χ2v) is 6.22. The Kier molecular flexibility index (Phi) is 4.68. The molecule has 0 aromatic heterocycles. The van der Waals surface area contributed by atoms with Gasteiger partial charge in [-0.15, -0.1) is 0 Å². The lowest BCUT2D eigenvalue weighted by atomic mass is 10.0. The Morgan fingerprint density at radius 2 is 2.06 bits per heavy atom. The summed E-state index contributed by atoms with van der Waals surface area (Å²) in [6.45, 7) is 5.39. The zero-order valence-electron chi connectivity index (χ0n) is 10.4. The fourth-order valence-corrected chi connectivity index (χ4v) is 3.04. The van der Waals surface area contributed by atoms with Gasteiger partial charge >= 0.3 is 12.1 Å². The van der Waals surface area contributed by atoms with Crippen LogP contribution in [0.25, 0.3) is 0 Å². The number of carbonyl (C=O) groups excluding carboxylic acids is 1. The first-order chi connectivity index (χ1) is 7.78. The summed E-state index contributed by atoms with van der Waals surface area (Å²) >= 11 is 1.66. The van der Waals surface area contributed by atoms with Gasteiger partial charge in [-0.3, -0.25) is 4.79 Å². The van der Waals surface area contributed by atoms with Crippen molar-refractivity contribution in [3.8, 4) is 0 Å². The molecule has 0 bridgehead atoms. The highest BCUT2D eigenvalue weighted by Gasteiger charge is 2.31. The van der Waals surface area contributed by atoms with Gasteiger partial charge in [-0.2, -0.15) is 11.8 Å². The summed E-state index contributed by atoms with van der Waals surface area (Å²) in [5, 5.41) is 11.5. The van der Waals surface area contributed by atoms with Gasteiger partial charge in [0.25, 0.3) is 0 Å². The third-order valence-corrected chi connectivity index (χ3v) is 3.60. The monoisotopic (exact) mass is 261 g/mol. The van der Waals surface area contributed by atoms with Crippen LogP contribution in [0, 0.1) is 5.92 Å². The van der Waals surface area contributed by atoms with Crippen LogP contribution in [-0.4, -0.2) is 40.3 Å². The predicted molar refractivity (Wildman–Crippen MR) is 66.2 cm³/mol. The SMILES string of the molecule is CC(C)(C)OC(=O)N[C@@H]1CSC[C@H]1CC(=O)O. The van der Waals surface area contributed by atoms with Crippen LogP contribution in [0.4, 0.5) is 4.79 Å². The molecule has 2 atom stereocenters. The molecule has 1 aliphatic heterocycles. The molecule has 0 aliphatic carbocycles. The number of hydrogen-bond donors (Lipinski definition) is 2. The molecule has 0 spiro atoms. The van der Waals surface area contributed by atoms with Gasteiger partial charge in [0, 0.05) is 11.8 Å². The van der Waals surface area contributed by atoms with Crippen LogP contribution >= 0.6 is 11.8 Å². The van der Waals surface area contributed by atoms with Gasteiger partial charge in [-0.05, 0) is 32.4 Å². The molecule has 1 heterocycles. The maximum atomic E-state index is 11.6. The Bertz CT molecular complexity index is 300. The molecular formula is C11H19NO4S. The number of carboxylic acids is 1. The van der Waals surface area contributed by atoms with Crippen LogP contribution in [0.15, 0.2) is 0 Å². The van der Waals surface area contributed by atoms with E-state index in [1.807, 2.05) is 0 Å². The fourth-order valence-electron chi connectivity index (χ4n) is 1.64. The fraction of sp³-hybridized carbons (Fsp3) is 0.818. The lowest BCUT2D eigenvalue weighted by molar-refractivity contribution is -0.138. The van der Waals surface area contributed by atoms with Crippen molar-refractivity contribution >= 4 is 23.8 Å². The number of carboxylic acid groups (broad SMARTS) is 1. The first-order valence-electron chi connectivity index (χ1n) is 5.57. The average Bonchev–Trinajstić information content (AvgIpc) is 2.47. The first-order valence-corrected chi connectivity index (χ1v) is 6.72. The van der Waals surface area contributed by atoms with E-state index < -0.39 is 17.7 Å². The molecule has 1 saturated heterocycles. The zero-order valence-corrected chi connectivity index (χ0v) is 11.2. The number of nitrogens with one attached hydrogen (secondary N) is 1. The van der Waals surface area contributed by atoms with Crippen LogP contribution in [0.3, 0.4) is 0 Å². The number of carbonyl (C=O) groups is 2. The van der Waals surface area contributed by atoms with Gasteiger partial charge in [0.15, 0.2) is 0 Å². The van der Waals surface area contributed by atoms with Gasteiger partial charge in [-0.1, -0.05) is 0 Å². The van der Waals surface area contributed by atoms with Gasteiger partial charge < -0.3 is 15.2 Å². The number of thioether (sulfide) groups is 1. The molecule has 1 aliphatic rings. The summed E-state index contributed by atoms with van der Waals surface area (Å²) in [5.41, 5.74) is -0.530. The van der Waals surface area contributed by atoms with E-state index in [0.717, 1.165) is 11.5 Å². The predicted octanol–water partition coefficient (Wildman–Crippen LogP) is 1.72. The third-order valence-electron chi connectivity index (χ3n) is 2.34. The molecule has 6 heteroatoms. The molecule has 98 valence electrons. The van der Waals surface area contributed by atoms with Crippen LogP contribution in [0.1, 0.15) is 27.2 Å². The second kappa shape index (κ2) is 5.62. The molecule has 1 rings (SSSR count). The van der Waals surface area contributed by atoms with Crippen molar-refractivity contribution in [2.24, 2.45) is 5.92 Å². The summed E-state index contributed by atoms with van der Waals surface area (Å²) in [6, 6.07) is -0.106. The van der Waals surface area contributed by atoms with Gasteiger partial charge in [0.1, 0.15) is 5.60 Å². The minimum Gasteiger partial charge on any atom is -0.481 e.